The summed E-state index contributed by atoms with van der Waals surface area (Å²) in [5.41, 5.74) is 0.787. The van der Waals surface area contributed by atoms with Gasteiger partial charge in [0.15, 0.2) is 0 Å². The van der Waals surface area contributed by atoms with Gasteiger partial charge in [0.25, 0.3) is 0 Å². The molecule has 6 heteroatoms. The number of rotatable bonds is 4. The first-order valence-electron chi connectivity index (χ1n) is 8.09. The summed E-state index contributed by atoms with van der Waals surface area (Å²) in [5, 5.41) is 2.88. The molecule has 1 aromatic carbocycles. The normalized spacial score (nSPS) is 22.6. The van der Waals surface area contributed by atoms with Crippen LogP contribution < -0.4 is 5.32 Å². The fraction of sp³-hybridized carbons (Fsp3) is 0.529. The lowest BCUT2D eigenvalue weighted by Crippen LogP contribution is -2.49. The molecule has 2 atom stereocenters. The molecule has 1 aromatic rings. The smallest absolute Gasteiger partial charge is 0.250 e. The summed E-state index contributed by atoms with van der Waals surface area (Å²) in [6.45, 7) is 2.78. The Balaban J connectivity index is 1.75. The van der Waals surface area contributed by atoms with Crippen molar-refractivity contribution in [2.75, 3.05) is 32.9 Å². The van der Waals surface area contributed by atoms with Crippen molar-refractivity contribution in [1.82, 2.24) is 10.2 Å². The van der Waals surface area contributed by atoms with Crippen LogP contribution in [0.4, 0.5) is 0 Å². The van der Waals surface area contributed by atoms with Gasteiger partial charge in [0, 0.05) is 19.7 Å². The van der Waals surface area contributed by atoms with Crippen LogP contribution in [0.2, 0.25) is 0 Å². The van der Waals surface area contributed by atoms with Gasteiger partial charge in [0.05, 0.1) is 13.2 Å². The van der Waals surface area contributed by atoms with Crippen molar-refractivity contribution in [3.63, 3.8) is 0 Å². The van der Waals surface area contributed by atoms with E-state index in [-0.39, 0.29) is 11.8 Å². The number of carbonyl (C=O) groups is 2. The lowest BCUT2D eigenvalue weighted by Gasteiger charge is -2.31. The number of nitrogens with zero attached hydrogens (tertiary/aromatic N) is 1. The van der Waals surface area contributed by atoms with E-state index in [2.05, 4.69) is 5.32 Å². The second-order valence-corrected chi connectivity index (χ2v) is 5.79. The molecule has 3 rings (SSSR count). The van der Waals surface area contributed by atoms with Crippen LogP contribution in [0.5, 0.6) is 0 Å². The van der Waals surface area contributed by atoms with Crippen LogP contribution >= 0.6 is 0 Å². The van der Waals surface area contributed by atoms with Crippen molar-refractivity contribution in [3.05, 3.63) is 35.9 Å². The maximum Gasteiger partial charge on any atom is 0.250 e. The Bertz CT molecular complexity index is 537. The summed E-state index contributed by atoms with van der Waals surface area (Å²) in [6, 6.07) is 8.67. The molecule has 1 unspecified atom stereocenters. The van der Waals surface area contributed by atoms with Crippen LogP contribution in [0.25, 0.3) is 0 Å². The van der Waals surface area contributed by atoms with Crippen LogP contribution in [0.15, 0.2) is 30.3 Å². The molecule has 0 aliphatic carbocycles. The van der Waals surface area contributed by atoms with Crippen LogP contribution in [0.3, 0.4) is 0 Å². The van der Waals surface area contributed by atoms with Crippen LogP contribution in [-0.2, 0) is 19.1 Å². The molecule has 0 bridgehead atoms. The number of benzene rings is 1. The third kappa shape index (κ3) is 3.89. The first-order chi connectivity index (χ1) is 11.3. The zero-order valence-corrected chi connectivity index (χ0v) is 13.1. The van der Waals surface area contributed by atoms with Gasteiger partial charge in [-0.25, -0.2) is 0 Å². The molecule has 0 aromatic heterocycles. The van der Waals surface area contributed by atoms with E-state index in [9.17, 15) is 9.59 Å². The fourth-order valence-corrected chi connectivity index (χ4v) is 2.92. The molecule has 2 aliphatic heterocycles. The Kier molecular flexibility index (Phi) is 5.25. The zero-order valence-electron chi connectivity index (χ0n) is 13.1. The highest BCUT2D eigenvalue weighted by Crippen LogP contribution is 2.19. The number of amides is 2. The number of hydrogen-bond donors (Lipinski definition) is 1. The zero-order chi connectivity index (χ0) is 16.1. The van der Waals surface area contributed by atoms with Gasteiger partial charge in [-0.05, 0) is 18.4 Å². The van der Waals surface area contributed by atoms with Crippen molar-refractivity contribution in [3.8, 4) is 0 Å². The molecule has 6 nitrogen and oxygen atoms in total. The molecule has 2 aliphatic rings. The van der Waals surface area contributed by atoms with Crippen molar-refractivity contribution in [2.24, 2.45) is 0 Å². The van der Waals surface area contributed by atoms with E-state index in [1.54, 1.807) is 4.90 Å². The predicted molar refractivity (Wildman–Crippen MR) is 83.7 cm³/mol. The predicted octanol–water partition coefficient (Wildman–Crippen LogP) is 0.882. The van der Waals surface area contributed by atoms with Gasteiger partial charge in [-0.1, -0.05) is 30.3 Å². The average Bonchev–Trinajstić information content (AvgIpc) is 3.15. The Morgan fingerprint density at radius 3 is 2.52 bits per heavy atom. The number of carbonyl (C=O) groups excluding carboxylic acids is 2. The molecule has 0 radical (unpaired) electrons. The third-order valence-corrected chi connectivity index (χ3v) is 4.21. The van der Waals surface area contributed by atoms with Gasteiger partial charge < -0.3 is 19.7 Å². The molecule has 0 saturated carbocycles. The molecule has 124 valence electrons. The van der Waals surface area contributed by atoms with Crippen LogP contribution in [0.1, 0.15) is 24.4 Å². The van der Waals surface area contributed by atoms with E-state index in [4.69, 9.17) is 9.47 Å². The van der Waals surface area contributed by atoms with Gasteiger partial charge >= 0.3 is 0 Å². The standard InChI is InChI=1S/C17H22N2O4/c20-16(14-7-4-10-23-14)18-15(13-5-2-1-3-6-13)17(21)19-8-11-22-12-9-19/h1-3,5-6,14-15H,4,7-12H2,(H,18,20)/t14?,15-/m0/s1. The summed E-state index contributed by atoms with van der Waals surface area (Å²) in [7, 11) is 0. The summed E-state index contributed by atoms with van der Waals surface area (Å²) in [6.07, 6.45) is 1.14. The van der Waals surface area contributed by atoms with Gasteiger partial charge in [-0.3, -0.25) is 9.59 Å². The van der Waals surface area contributed by atoms with Crippen molar-refractivity contribution >= 4 is 11.8 Å². The van der Waals surface area contributed by atoms with Crippen molar-refractivity contribution in [1.29, 1.82) is 0 Å². The highest BCUT2D eigenvalue weighted by molar-refractivity contribution is 5.90. The molecule has 2 heterocycles. The maximum absolute atomic E-state index is 12.9. The first-order valence-corrected chi connectivity index (χ1v) is 8.09. The minimum atomic E-state index is -0.675. The molecule has 23 heavy (non-hydrogen) atoms. The minimum Gasteiger partial charge on any atom is -0.378 e. The molecule has 2 saturated heterocycles. The highest BCUT2D eigenvalue weighted by atomic mass is 16.5. The minimum absolute atomic E-state index is 0.0918. The Hall–Kier alpha value is -1.92. The van der Waals surface area contributed by atoms with Crippen LogP contribution in [0, 0.1) is 0 Å². The highest BCUT2D eigenvalue weighted by Gasteiger charge is 2.32. The van der Waals surface area contributed by atoms with E-state index in [0.717, 1.165) is 12.0 Å². The lowest BCUT2D eigenvalue weighted by atomic mass is 10.0. The molecular formula is C17H22N2O4. The third-order valence-electron chi connectivity index (χ3n) is 4.21. The Morgan fingerprint density at radius 1 is 1.13 bits per heavy atom. The van der Waals surface area contributed by atoms with E-state index >= 15 is 0 Å². The maximum atomic E-state index is 12.9. The number of hydrogen-bond acceptors (Lipinski definition) is 4. The summed E-state index contributed by atoms with van der Waals surface area (Å²) in [5.74, 6) is -0.302. The second-order valence-electron chi connectivity index (χ2n) is 5.79. The van der Waals surface area contributed by atoms with Crippen molar-refractivity contribution in [2.45, 2.75) is 25.0 Å². The quantitative estimate of drug-likeness (QED) is 0.895. The van der Waals surface area contributed by atoms with E-state index in [1.165, 1.54) is 0 Å². The van der Waals surface area contributed by atoms with Crippen molar-refractivity contribution < 1.29 is 19.1 Å². The largest absolute Gasteiger partial charge is 0.378 e. The Labute approximate surface area is 135 Å². The van der Waals surface area contributed by atoms with Gasteiger partial charge in [0.1, 0.15) is 12.1 Å². The lowest BCUT2D eigenvalue weighted by molar-refractivity contribution is -0.142. The molecule has 2 amide bonds. The topological polar surface area (TPSA) is 67.9 Å². The number of morpholine rings is 1. The molecule has 1 N–H and O–H groups in total. The van der Waals surface area contributed by atoms with Gasteiger partial charge in [0.2, 0.25) is 11.8 Å². The molecular weight excluding hydrogens is 296 g/mol. The summed E-state index contributed by atoms with van der Waals surface area (Å²) >= 11 is 0. The average molecular weight is 318 g/mol. The van der Waals surface area contributed by atoms with E-state index in [0.29, 0.717) is 39.3 Å². The van der Waals surface area contributed by atoms with Gasteiger partial charge in [-0.2, -0.15) is 0 Å². The number of ether oxygens (including phenoxy) is 2. The first kappa shape index (κ1) is 16.0. The second kappa shape index (κ2) is 7.57. The Morgan fingerprint density at radius 2 is 1.87 bits per heavy atom. The van der Waals surface area contributed by atoms with E-state index in [1.807, 2.05) is 30.3 Å². The molecule has 2 fully saturated rings. The SMILES string of the molecule is O=C(N[C@H](C(=O)N1CCOCC1)c1ccccc1)C1CCCO1. The summed E-state index contributed by atoms with van der Waals surface area (Å²) < 4.78 is 10.7. The monoisotopic (exact) mass is 318 g/mol. The number of nitrogens with one attached hydrogen (secondary N) is 1. The summed E-state index contributed by atoms with van der Waals surface area (Å²) in [4.78, 5) is 27.0. The van der Waals surface area contributed by atoms with Gasteiger partial charge in [-0.15, -0.1) is 0 Å². The van der Waals surface area contributed by atoms with E-state index < -0.39 is 12.1 Å². The molecule has 0 spiro atoms. The fourth-order valence-electron chi connectivity index (χ4n) is 2.92. The van der Waals surface area contributed by atoms with Crippen LogP contribution in [-0.4, -0.2) is 55.7 Å².